The smallest absolute Gasteiger partial charge is 0.212 e. The molecule has 0 aliphatic heterocycles. The standard InChI is InChI=1S/C9H14O5S/c10-8(6-15(12,13)14)9(11)7-4-2-1-3-5-7/h7H,1-6H2,(H,12,13,14)/p-1. The molecule has 1 fully saturated rings. The van der Waals surface area contributed by atoms with Gasteiger partial charge >= 0.3 is 0 Å². The van der Waals surface area contributed by atoms with E-state index in [0.717, 1.165) is 19.3 Å². The summed E-state index contributed by atoms with van der Waals surface area (Å²) >= 11 is 0. The molecule has 15 heavy (non-hydrogen) atoms. The van der Waals surface area contributed by atoms with E-state index in [0.29, 0.717) is 12.8 Å². The quantitative estimate of drug-likeness (QED) is 0.512. The third-order valence-corrected chi connectivity index (χ3v) is 3.17. The fourth-order valence-corrected chi connectivity index (χ4v) is 2.29. The summed E-state index contributed by atoms with van der Waals surface area (Å²) in [6.45, 7) is 0. The van der Waals surface area contributed by atoms with Gasteiger partial charge in [0, 0.05) is 5.92 Å². The molecule has 1 aliphatic rings. The first-order valence-corrected chi connectivity index (χ1v) is 6.48. The van der Waals surface area contributed by atoms with E-state index in [-0.39, 0.29) is 5.92 Å². The zero-order valence-corrected chi connectivity index (χ0v) is 9.09. The molecule has 0 heterocycles. The molecule has 6 heteroatoms. The molecule has 0 radical (unpaired) electrons. The van der Waals surface area contributed by atoms with E-state index in [1.165, 1.54) is 0 Å². The Kier molecular flexibility index (Phi) is 3.98. The SMILES string of the molecule is O=C(CS(=O)(=O)[O-])C(=O)C1CCCCC1. The highest BCUT2D eigenvalue weighted by atomic mass is 32.2. The van der Waals surface area contributed by atoms with Crippen LogP contribution >= 0.6 is 0 Å². The van der Waals surface area contributed by atoms with Gasteiger partial charge in [-0.3, -0.25) is 9.59 Å². The Balaban J connectivity index is 2.56. The van der Waals surface area contributed by atoms with Gasteiger partial charge in [0.05, 0.1) is 0 Å². The van der Waals surface area contributed by atoms with E-state index >= 15 is 0 Å². The minimum Gasteiger partial charge on any atom is -0.748 e. The monoisotopic (exact) mass is 233 g/mol. The van der Waals surface area contributed by atoms with E-state index in [1.807, 2.05) is 0 Å². The van der Waals surface area contributed by atoms with Crippen LogP contribution in [0.5, 0.6) is 0 Å². The Labute approximate surface area is 88.6 Å². The number of Topliss-reactive ketones (excluding diaryl/α,β-unsaturated/α-hetero) is 2. The van der Waals surface area contributed by atoms with Crippen LogP contribution in [0.4, 0.5) is 0 Å². The Morgan fingerprint density at radius 1 is 1.13 bits per heavy atom. The average Bonchev–Trinajstić information content (AvgIpc) is 2.15. The van der Waals surface area contributed by atoms with E-state index < -0.39 is 27.4 Å². The molecule has 1 saturated carbocycles. The Hall–Kier alpha value is -0.750. The maximum Gasteiger partial charge on any atom is 0.212 e. The highest BCUT2D eigenvalue weighted by Gasteiger charge is 2.27. The van der Waals surface area contributed by atoms with Crippen molar-refractivity contribution in [3.05, 3.63) is 0 Å². The molecule has 0 spiro atoms. The lowest BCUT2D eigenvalue weighted by Crippen LogP contribution is -2.30. The molecule has 1 aliphatic carbocycles. The molecular formula is C9H13O5S-. The molecular weight excluding hydrogens is 220 g/mol. The lowest BCUT2D eigenvalue weighted by molar-refractivity contribution is -0.138. The van der Waals surface area contributed by atoms with Gasteiger partial charge in [-0.15, -0.1) is 0 Å². The topological polar surface area (TPSA) is 91.3 Å². The van der Waals surface area contributed by atoms with Crippen LogP contribution in [0.15, 0.2) is 0 Å². The first kappa shape index (κ1) is 12.3. The molecule has 0 aromatic heterocycles. The third-order valence-electron chi connectivity index (χ3n) is 2.56. The van der Waals surface area contributed by atoms with Crippen molar-refractivity contribution in [2.45, 2.75) is 32.1 Å². The van der Waals surface area contributed by atoms with Crippen molar-refractivity contribution in [3.8, 4) is 0 Å². The zero-order valence-electron chi connectivity index (χ0n) is 8.27. The molecule has 0 aromatic carbocycles. The van der Waals surface area contributed by atoms with Crippen LogP contribution in [0.2, 0.25) is 0 Å². The molecule has 0 bridgehead atoms. The minimum absolute atomic E-state index is 0.368. The van der Waals surface area contributed by atoms with Crippen molar-refractivity contribution in [1.82, 2.24) is 0 Å². The molecule has 0 N–H and O–H groups in total. The van der Waals surface area contributed by atoms with E-state index in [1.54, 1.807) is 0 Å². The summed E-state index contributed by atoms with van der Waals surface area (Å²) < 4.78 is 30.9. The van der Waals surface area contributed by atoms with E-state index in [2.05, 4.69) is 0 Å². The largest absolute Gasteiger partial charge is 0.748 e. The maximum absolute atomic E-state index is 11.4. The van der Waals surface area contributed by atoms with Crippen LogP contribution in [0.3, 0.4) is 0 Å². The van der Waals surface area contributed by atoms with Gasteiger partial charge in [0.25, 0.3) is 0 Å². The zero-order chi connectivity index (χ0) is 11.5. The predicted molar refractivity (Wildman–Crippen MR) is 51.2 cm³/mol. The molecule has 0 saturated heterocycles. The summed E-state index contributed by atoms with van der Waals surface area (Å²) in [5.74, 6) is -3.30. The van der Waals surface area contributed by atoms with Crippen LogP contribution in [0.1, 0.15) is 32.1 Å². The fraction of sp³-hybridized carbons (Fsp3) is 0.778. The molecule has 5 nitrogen and oxygen atoms in total. The van der Waals surface area contributed by atoms with Crippen molar-refractivity contribution >= 4 is 21.7 Å². The van der Waals surface area contributed by atoms with Gasteiger partial charge in [-0.2, -0.15) is 0 Å². The molecule has 0 amide bonds. The van der Waals surface area contributed by atoms with Crippen LogP contribution in [-0.4, -0.2) is 30.3 Å². The number of hydrogen-bond acceptors (Lipinski definition) is 5. The number of carbonyl (C=O) groups excluding carboxylic acids is 2. The lowest BCUT2D eigenvalue weighted by atomic mass is 9.85. The van der Waals surface area contributed by atoms with Crippen molar-refractivity contribution < 1.29 is 22.6 Å². The summed E-state index contributed by atoms with van der Waals surface area (Å²) in [4.78, 5) is 22.6. The first-order valence-electron chi connectivity index (χ1n) is 4.91. The Morgan fingerprint density at radius 3 is 2.13 bits per heavy atom. The van der Waals surface area contributed by atoms with Crippen molar-refractivity contribution in [1.29, 1.82) is 0 Å². The Bertz CT molecular complexity index is 351. The van der Waals surface area contributed by atoms with E-state index in [9.17, 15) is 22.6 Å². The Morgan fingerprint density at radius 2 is 1.67 bits per heavy atom. The summed E-state index contributed by atoms with van der Waals surface area (Å²) in [6, 6.07) is 0. The number of carbonyl (C=O) groups is 2. The average molecular weight is 233 g/mol. The summed E-state index contributed by atoms with van der Waals surface area (Å²) in [6.07, 6.45) is 4.06. The van der Waals surface area contributed by atoms with Crippen LogP contribution in [0, 0.1) is 5.92 Å². The molecule has 0 atom stereocenters. The van der Waals surface area contributed by atoms with Crippen molar-refractivity contribution in [3.63, 3.8) is 0 Å². The third kappa shape index (κ3) is 4.09. The highest BCUT2D eigenvalue weighted by Crippen LogP contribution is 2.24. The molecule has 1 rings (SSSR count). The van der Waals surface area contributed by atoms with E-state index in [4.69, 9.17) is 0 Å². The van der Waals surface area contributed by atoms with Gasteiger partial charge in [0.15, 0.2) is 0 Å². The molecule has 0 unspecified atom stereocenters. The van der Waals surface area contributed by atoms with Gasteiger partial charge < -0.3 is 4.55 Å². The van der Waals surface area contributed by atoms with Crippen LogP contribution < -0.4 is 0 Å². The number of ketones is 2. The molecule has 0 aromatic rings. The van der Waals surface area contributed by atoms with Gasteiger partial charge in [-0.25, -0.2) is 8.42 Å². The second-order valence-electron chi connectivity index (χ2n) is 3.82. The van der Waals surface area contributed by atoms with Gasteiger partial charge in [-0.05, 0) is 12.8 Å². The fourth-order valence-electron chi connectivity index (χ4n) is 1.82. The summed E-state index contributed by atoms with van der Waals surface area (Å²) in [5, 5.41) is 0. The van der Waals surface area contributed by atoms with Crippen molar-refractivity contribution in [2.75, 3.05) is 5.75 Å². The second kappa shape index (κ2) is 4.85. The molecule has 86 valence electrons. The summed E-state index contributed by atoms with van der Waals surface area (Å²) in [5.41, 5.74) is 0. The summed E-state index contributed by atoms with van der Waals surface area (Å²) in [7, 11) is -4.63. The van der Waals surface area contributed by atoms with Gasteiger partial charge in [-0.1, -0.05) is 19.3 Å². The normalized spacial score (nSPS) is 18.7. The maximum atomic E-state index is 11.4. The van der Waals surface area contributed by atoms with Crippen LogP contribution in [0.25, 0.3) is 0 Å². The van der Waals surface area contributed by atoms with Gasteiger partial charge in [0.1, 0.15) is 15.9 Å². The lowest BCUT2D eigenvalue weighted by Gasteiger charge is -2.19. The first-order chi connectivity index (χ1) is 6.90. The van der Waals surface area contributed by atoms with Crippen LogP contribution in [-0.2, 0) is 19.7 Å². The number of rotatable bonds is 4. The second-order valence-corrected chi connectivity index (χ2v) is 5.23. The van der Waals surface area contributed by atoms with Crippen molar-refractivity contribution in [2.24, 2.45) is 5.92 Å². The minimum atomic E-state index is -4.63. The number of hydrogen-bond donors (Lipinski definition) is 0. The van der Waals surface area contributed by atoms with Gasteiger partial charge in [0.2, 0.25) is 11.6 Å². The predicted octanol–water partition coefficient (Wildman–Crippen LogP) is 0.250. The highest BCUT2D eigenvalue weighted by molar-refractivity contribution is 7.86.